The van der Waals surface area contributed by atoms with Crippen LogP contribution in [-0.4, -0.2) is 4.21 Å². The maximum absolute atomic E-state index is 5.49. The van der Waals surface area contributed by atoms with Crippen molar-refractivity contribution in [3.8, 4) is 11.1 Å². The molecule has 0 heterocycles. The van der Waals surface area contributed by atoms with Crippen LogP contribution in [0, 0.1) is 13.8 Å². The van der Waals surface area contributed by atoms with Gasteiger partial charge in [-0.05, 0) is 0 Å². The number of allylic oxidation sites excluding steroid dienone is 4. The molecule has 3 heteroatoms. The van der Waals surface area contributed by atoms with Crippen molar-refractivity contribution in [1.29, 1.82) is 0 Å². The molecule has 0 spiro atoms. The third-order valence-electron chi connectivity index (χ3n) is 8.30. The summed E-state index contributed by atoms with van der Waals surface area (Å²) in [6.07, 6.45) is 8.91. The molecule has 2 aliphatic rings. The van der Waals surface area contributed by atoms with Gasteiger partial charge in [-0.25, -0.2) is 0 Å². The Bertz CT molecular complexity index is 1510. The molecule has 6 rings (SSSR count). The Morgan fingerprint density at radius 1 is 0.667 bits per heavy atom. The molecule has 4 aromatic rings. The molecule has 182 valence electrons. The van der Waals surface area contributed by atoms with Gasteiger partial charge in [-0.2, -0.15) is 0 Å². The first-order valence-electron chi connectivity index (χ1n) is 12.2. The summed E-state index contributed by atoms with van der Waals surface area (Å²) in [6, 6.07) is 34.6. The third kappa shape index (κ3) is 3.71. The van der Waals surface area contributed by atoms with Crippen molar-refractivity contribution in [2.75, 3.05) is 0 Å². The molecule has 0 N–H and O–H groups in total. The summed E-state index contributed by atoms with van der Waals surface area (Å²) in [5, 5.41) is 0. The zero-order valence-electron chi connectivity index (χ0n) is 20.8. The minimum atomic E-state index is -4.50. The minimum absolute atomic E-state index is 0. The Labute approximate surface area is 228 Å². The summed E-state index contributed by atoms with van der Waals surface area (Å²) in [4.78, 5) is 0. The van der Waals surface area contributed by atoms with E-state index in [4.69, 9.17) is 4.21 Å². The summed E-state index contributed by atoms with van der Waals surface area (Å²) in [5.41, 5.74) is 8.27. The summed E-state index contributed by atoms with van der Waals surface area (Å²) < 4.78 is 11.4. The van der Waals surface area contributed by atoms with Crippen LogP contribution in [0.25, 0.3) is 11.1 Å². The Balaban J connectivity index is 0.00000152. The molecule has 0 aromatic heterocycles. The molecule has 36 heavy (non-hydrogen) atoms. The summed E-state index contributed by atoms with van der Waals surface area (Å²) >= 11 is -4.50. The van der Waals surface area contributed by atoms with E-state index in [0.29, 0.717) is 0 Å². The molecule has 0 saturated heterocycles. The van der Waals surface area contributed by atoms with Crippen molar-refractivity contribution in [2.45, 2.75) is 26.7 Å². The van der Waals surface area contributed by atoms with E-state index >= 15 is 0 Å². The summed E-state index contributed by atoms with van der Waals surface area (Å²) in [7, 11) is 0. The maximum atomic E-state index is 5.49. The predicted molar refractivity (Wildman–Crippen MR) is 159 cm³/mol. The van der Waals surface area contributed by atoms with Crippen LogP contribution in [0.3, 0.4) is 0 Å². The fourth-order valence-corrected chi connectivity index (χ4v) is 21.7. The Morgan fingerprint density at radius 3 is 1.83 bits per heavy atom. The number of fused-ring (bicyclic) bond motifs is 3. The van der Waals surface area contributed by atoms with Crippen LogP contribution in [0.5, 0.6) is 0 Å². The Kier molecular flexibility index (Phi) is 7.33. The van der Waals surface area contributed by atoms with Crippen LogP contribution in [0.1, 0.15) is 28.7 Å². The van der Waals surface area contributed by atoms with E-state index < -0.39 is 18.3 Å². The molecule has 0 radical (unpaired) electrons. The quantitative estimate of drug-likeness (QED) is 0.212. The fourth-order valence-electron chi connectivity index (χ4n) is 6.39. The van der Waals surface area contributed by atoms with Gasteiger partial charge in [-0.3, -0.25) is 0 Å². The normalized spacial score (nSPS) is 13.8. The monoisotopic (exact) mass is 588 g/mol. The summed E-state index contributed by atoms with van der Waals surface area (Å²) in [6.45, 7) is 4.35. The Hall–Kier alpha value is -2.31. The molecule has 0 amide bonds. The van der Waals surface area contributed by atoms with E-state index in [1.54, 1.807) is 0 Å². The van der Waals surface area contributed by atoms with Gasteiger partial charge in [0.2, 0.25) is 0 Å². The summed E-state index contributed by atoms with van der Waals surface area (Å²) in [5.74, 6) is 0. The Morgan fingerprint density at radius 2 is 1.25 bits per heavy atom. The standard InChI is InChI=1S/C13H9.2C7H7.C5H5.CH2.2ClH.Zr/c1-3-7-12-10(5-1)9-11-6-2-4-8-13(11)12;2*1-7-5-3-2-4-6-7;1-2-4-5-3-1;;;;/h1-5,7-8H,9H2;2*3-6H,1H3;1-3H,4H2;1H2;2*1H;. The van der Waals surface area contributed by atoms with Crippen molar-refractivity contribution in [1.82, 2.24) is 0 Å². The van der Waals surface area contributed by atoms with Crippen molar-refractivity contribution >= 4 is 38.8 Å². The first kappa shape index (κ1) is 26.7. The topological polar surface area (TPSA) is 0 Å². The van der Waals surface area contributed by atoms with E-state index in [1.807, 2.05) is 0 Å². The average molecular weight is 591 g/mol. The molecule has 0 unspecified atom stereocenters. The second-order valence-corrected chi connectivity index (χ2v) is 23.1. The fraction of sp³-hybridized carbons (Fsp3) is 0.121. The van der Waals surface area contributed by atoms with E-state index in [1.165, 1.54) is 46.5 Å². The van der Waals surface area contributed by atoms with Crippen LogP contribution < -0.4 is 9.81 Å². The van der Waals surface area contributed by atoms with E-state index in [9.17, 15) is 0 Å². The van der Waals surface area contributed by atoms with E-state index in [2.05, 4.69) is 123 Å². The molecule has 0 fully saturated rings. The van der Waals surface area contributed by atoms with Gasteiger partial charge in [0, 0.05) is 0 Å². The molecule has 0 atom stereocenters. The SMILES string of the molecule is Cl.Cl.[CH2]=[Zr]([C]1=CC=CC1)([c]1ccc(C)cc1)([c]1ccc(C)cc1)[c]1cccc2c1Cc1ccccc1-2. The molecule has 0 saturated carbocycles. The van der Waals surface area contributed by atoms with Gasteiger partial charge < -0.3 is 0 Å². The number of hydrogen-bond acceptors (Lipinski definition) is 0. The molecular formula is C33H32Cl2Zr. The van der Waals surface area contributed by atoms with Crippen LogP contribution in [0.4, 0.5) is 0 Å². The number of benzene rings is 4. The molecule has 2 aliphatic carbocycles. The van der Waals surface area contributed by atoms with E-state index in [-0.39, 0.29) is 24.8 Å². The predicted octanol–water partition coefficient (Wildman–Crippen LogP) is 6.96. The number of aryl methyl sites for hydroxylation is 2. The van der Waals surface area contributed by atoms with Crippen molar-refractivity contribution in [2.24, 2.45) is 0 Å². The molecule has 0 aliphatic heterocycles. The van der Waals surface area contributed by atoms with Gasteiger partial charge in [-0.15, -0.1) is 24.8 Å². The van der Waals surface area contributed by atoms with Crippen molar-refractivity contribution in [3.63, 3.8) is 0 Å². The number of halogens is 2. The molecular weight excluding hydrogens is 558 g/mol. The first-order valence-corrected chi connectivity index (χ1v) is 18.9. The van der Waals surface area contributed by atoms with Gasteiger partial charge in [0.15, 0.2) is 0 Å². The van der Waals surface area contributed by atoms with Gasteiger partial charge in [-0.1, -0.05) is 0 Å². The van der Waals surface area contributed by atoms with Crippen LogP contribution in [-0.2, 0) is 24.7 Å². The zero-order valence-corrected chi connectivity index (χ0v) is 24.9. The van der Waals surface area contributed by atoms with Crippen molar-refractivity contribution in [3.05, 3.63) is 135 Å². The van der Waals surface area contributed by atoms with Gasteiger partial charge in [0.25, 0.3) is 0 Å². The van der Waals surface area contributed by atoms with Gasteiger partial charge in [0.05, 0.1) is 0 Å². The average Bonchev–Trinajstić information content (AvgIpc) is 3.53. The zero-order chi connectivity index (χ0) is 23.4. The van der Waals surface area contributed by atoms with Crippen molar-refractivity contribution < 1.29 is 18.3 Å². The second-order valence-electron chi connectivity index (χ2n) is 10.2. The molecule has 0 nitrogen and oxygen atoms in total. The number of hydrogen-bond donors (Lipinski definition) is 0. The van der Waals surface area contributed by atoms with E-state index in [0.717, 1.165) is 12.8 Å². The number of rotatable bonds is 4. The second kappa shape index (κ2) is 9.87. The first-order chi connectivity index (χ1) is 16.5. The van der Waals surface area contributed by atoms with Crippen LogP contribution in [0.2, 0.25) is 0 Å². The van der Waals surface area contributed by atoms with Gasteiger partial charge >= 0.3 is 205 Å². The molecule has 0 bridgehead atoms. The van der Waals surface area contributed by atoms with Gasteiger partial charge in [0.1, 0.15) is 0 Å². The third-order valence-corrected chi connectivity index (χ3v) is 24.7. The van der Waals surface area contributed by atoms with Crippen LogP contribution in [0.15, 0.2) is 113 Å². The molecule has 4 aromatic carbocycles. The van der Waals surface area contributed by atoms with Crippen LogP contribution >= 0.6 is 24.8 Å².